The van der Waals surface area contributed by atoms with E-state index >= 15 is 0 Å². The van der Waals surface area contributed by atoms with Crippen molar-refractivity contribution in [3.63, 3.8) is 0 Å². The molecule has 0 bridgehead atoms. The maximum Gasteiger partial charge on any atom is 0.283 e. The predicted molar refractivity (Wildman–Crippen MR) is 125 cm³/mol. The van der Waals surface area contributed by atoms with Crippen LogP contribution in [0.5, 0.6) is 5.75 Å². The molecule has 1 aromatic heterocycles. The fourth-order valence-electron chi connectivity index (χ4n) is 3.64. The van der Waals surface area contributed by atoms with Gasteiger partial charge in [0.05, 0.1) is 36.7 Å². The first-order valence-corrected chi connectivity index (χ1v) is 11.1. The number of hydrogen-bond donors (Lipinski definition) is 2. The molecule has 1 aliphatic rings. The van der Waals surface area contributed by atoms with Gasteiger partial charge in [-0.05, 0) is 24.6 Å². The Morgan fingerprint density at radius 1 is 1.11 bits per heavy atom. The standard InChI is InChI=1S/C24H23F4N5O3/c1-14(25)24(34)32-19-11-15-18(12-20(19)36-8-2-5-33-6-9-35-10-7-33)29-13-30-23(15)31-17-4-3-16(26)21(27)22(17)28/h3-4,11-13H,1-2,5-10H2,(H,32,34)(H,29,30,31). The fraction of sp³-hybridized carbons (Fsp3) is 0.292. The normalized spacial score (nSPS) is 14.0. The summed E-state index contributed by atoms with van der Waals surface area (Å²) in [6, 6.07) is 4.71. The Hall–Kier alpha value is -3.77. The summed E-state index contributed by atoms with van der Waals surface area (Å²) in [6.07, 6.45) is 1.87. The lowest BCUT2D eigenvalue weighted by Gasteiger charge is -2.26. The summed E-state index contributed by atoms with van der Waals surface area (Å²) in [4.78, 5) is 22.4. The number of halogens is 4. The summed E-state index contributed by atoms with van der Waals surface area (Å²) in [7, 11) is 0. The van der Waals surface area contributed by atoms with E-state index in [4.69, 9.17) is 9.47 Å². The van der Waals surface area contributed by atoms with Gasteiger partial charge in [0.25, 0.3) is 5.91 Å². The van der Waals surface area contributed by atoms with Crippen LogP contribution in [0.3, 0.4) is 0 Å². The lowest BCUT2D eigenvalue weighted by Crippen LogP contribution is -2.37. The van der Waals surface area contributed by atoms with Gasteiger partial charge in [0.1, 0.15) is 17.9 Å². The first-order valence-electron chi connectivity index (χ1n) is 11.1. The van der Waals surface area contributed by atoms with Crippen molar-refractivity contribution in [1.82, 2.24) is 14.9 Å². The number of carbonyl (C=O) groups is 1. The van der Waals surface area contributed by atoms with E-state index in [1.54, 1.807) is 0 Å². The number of aromatic nitrogens is 2. The Balaban J connectivity index is 1.60. The van der Waals surface area contributed by atoms with Gasteiger partial charge in [-0.15, -0.1) is 0 Å². The highest BCUT2D eigenvalue weighted by Crippen LogP contribution is 2.34. The van der Waals surface area contributed by atoms with Gasteiger partial charge in [-0.2, -0.15) is 0 Å². The second kappa shape index (κ2) is 11.3. The van der Waals surface area contributed by atoms with E-state index in [1.165, 1.54) is 18.5 Å². The molecular weight excluding hydrogens is 482 g/mol. The molecule has 2 heterocycles. The van der Waals surface area contributed by atoms with Crippen LogP contribution in [0, 0.1) is 17.5 Å². The van der Waals surface area contributed by atoms with Crippen LogP contribution in [0.4, 0.5) is 34.8 Å². The molecule has 2 aromatic carbocycles. The maximum absolute atomic E-state index is 14.2. The minimum absolute atomic E-state index is 0.0401. The van der Waals surface area contributed by atoms with Crippen LogP contribution < -0.4 is 15.4 Å². The molecule has 190 valence electrons. The largest absolute Gasteiger partial charge is 0.491 e. The van der Waals surface area contributed by atoms with E-state index in [9.17, 15) is 22.4 Å². The number of carbonyl (C=O) groups excluding carboxylic acids is 1. The smallest absolute Gasteiger partial charge is 0.283 e. The van der Waals surface area contributed by atoms with Crippen molar-refractivity contribution in [2.24, 2.45) is 0 Å². The van der Waals surface area contributed by atoms with Crippen molar-refractivity contribution in [2.45, 2.75) is 6.42 Å². The molecule has 4 rings (SSSR count). The SMILES string of the molecule is C=C(F)C(=O)Nc1cc2c(Nc3ccc(F)c(F)c3F)ncnc2cc1OCCCN1CCOCC1. The molecular formula is C24H23F4N5O3. The molecule has 1 fully saturated rings. The number of ether oxygens (including phenoxy) is 2. The van der Waals surface area contributed by atoms with E-state index in [1.807, 2.05) is 0 Å². The molecule has 1 saturated heterocycles. The Bertz CT molecular complexity index is 1280. The number of benzene rings is 2. The second-order valence-corrected chi connectivity index (χ2v) is 7.95. The Kier molecular flexibility index (Phi) is 7.96. The van der Waals surface area contributed by atoms with Gasteiger partial charge >= 0.3 is 0 Å². The van der Waals surface area contributed by atoms with Crippen molar-refractivity contribution in [2.75, 3.05) is 50.1 Å². The van der Waals surface area contributed by atoms with E-state index in [2.05, 4.69) is 32.1 Å². The second-order valence-electron chi connectivity index (χ2n) is 7.95. The van der Waals surface area contributed by atoms with Crippen molar-refractivity contribution in [3.8, 4) is 5.75 Å². The number of hydrogen-bond acceptors (Lipinski definition) is 7. The fourth-order valence-corrected chi connectivity index (χ4v) is 3.64. The third kappa shape index (κ3) is 5.89. The predicted octanol–water partition coefficient (Wildman–Crippen LogP) is 4.31. The monoisotopic (exact) mass is 505 g/mol. The highest BCUT2D eigenvalue weighted by atomic mass is 19.2. The topological polar surface area (TPSA) is 88.6 Å². The van der Waals surface area contributed by atoms with Crippen LogP contribution in [0.2, 0.25) is 0 Å². The molecule has 2 N–H and O–H groups in total. The summed E-state index contributed by atoms with van der Waals surface area (Å²) < 4.78 is 65.8. The van der Waals surface area contributed by atoms with E-state index in [-0.39, 0.29) is 28.3 Å². The van der Waals surface area contributed by atoms with Crippen LogP contribution in [0.15, 0.2) is 43.0 Å². The van der Waals surface area contributed by atoms with Gasteiger partial charge in [0.2, 0.25) is 0 Å². The molecule has 12 heteroatoms. The molecule has 0 saturated carbocycles. The maximum atomic E-state index is 14.2. The third-order valence-electron chi connectivity index (χ3n) is 5.50. The number of nitrogens with zero attached hydrogens (tertiary/aromatic N) is 3. The van der Waals surface area contributed by atoms with Gasteiger partial charge in [-0.3, -0.25) is 9.69 Å². The number of rotatable bonds is 9. The molecule has 0 spiro atoms. The van der Waals surface area contributed by atoms with Crippen molar-refractivity contribution >= 4 is 34.0 Å². The van der Waals surface area contributed by atoms with Crippen molar-refractivity contribution in [3.05, 3.63) is 60.5 Å². The van der Waals surface area contributed by atoms with Gasteiger partial charge < -0.3 is 20.1 Å². The highest BCUT2D eigenvalue weighted by molar-refractivity contribution is 6.05. The van der Waals surface area contributed by atoms with Crippen LogP contribution in [0.25, 0.3) is 10.9 Å². The van der Waals surface area contributed by atoms with Crippen LogP contribution >= 0.6 is 0 Å². The Morgan fingerprint density at radius 2 is 1.89 bits per heavy atom. The van der Waals surface area contributed by atoms with Gasteiger partial charge in [0.15, 0.2) is 23.3 Å². The zero-order valence-electron chi connectivity index (χ0n) is 19.1. The lowest BCUT2D eigenvalue weighted by molar-refractivity contribution is -0.114. The van der Waals surface area contributed by atoms with Crippen LogP contribution in [-0.2, 0) is 9.53 Å². The average molecular weight is 505 g/mol. The quantitative estimate of drug-likeness (QED) is 0.194. The van der Waals surface area contributed by atoms with E-state index < -0.39 is 29.2 Å². The molecule has 0 radical (unpaired) electrons. The summed E-state index contributed by atoms with van der Waals surface area (Å²) in [5, 5.41) is 5.26. The molecule has 0 atom stereocenters. The lowest BCUT2D eigenvalue weighted by atomic mass is 10.1. The van der Waals surface area contributed by atoms with Crippen LogP contribution in [0.1, 0.15) is 6.42 Å². The number of nitrogens with one attached hydrogen (secondary N) is 2. The van der Waals surface area contributed by atoms with Crippen molar-refractivity contribution in [1.29, 1.82) is 0 Å². The van der Waals surface area contributed by atoms with Crippen molar-refractivity contribution < 1.29 is 31.8 Å². The number of morpholine rings is 1. The first-order chi connectivity index (χ1) is 17.3. The van der Waals surface area contributed by atoms with Gasteiger partial charge in [-0.1, -0.05) is 6.58 Å². The molecule has 8 nitrogen and oxygen atoms in total. The molecule has 3 aromatic rings. The molecule has 0 aliphatic carbocycles. The van der Waals surface area contributed by atoms with E-state index in [0.717, 1.165) is 31.8 Å². The summed E-state index contributed by atoms with van der Waals surface area (Å²) in [5.74, 6) is -6.42. The van der Waals surface area contributed by atoms with E-state index in [0.29, 0.717) is 31.8 Å². The molecule has 1 aliphatic heterocycles. The first kappa shape index (κ1) is 25.3. The molecule has 0 unspecified atom stereocenters. The van der Waals surface area contributed by atoms with Gasteiger partial charge in [0, 0.05) is 31.1 Å². The number of fused-ring (bicyclic) bond motifs is 1. The minimum Gasteiger partial charge on any atom is -0.491 e. The Labute approximate surface area is 203 Å². The zero-order chi connectivity index (χ0) is 25.7. The summed E-state index contributed by atoms with van der Waals surface area (Å²) in [5.41, 5.74) is 0.0806. The molecule has 36 heavy (non-hydrogen) atoms. The summed E-state index contributed by atoms with van der Waals surface area (Å²) in [6.45, 7) is 7.11. The summed E-state index contributed by atoms with van der Waals surface area (Å²) >= 11 is 0. The zero-order valence-corrected chi connectivity index (χ0v) is 19.1. The number of anilines is 3. The minimum atomic E-state index is -1.64. The molecule has 1 amide bonds. The third-order valence-corrected chi connectivity index (χ3v) is 5.50. The van der Waals surface area contributed by atoms with Crippen LogP contribution in [-0.4, -0.2) is 60.2 Å². The van der Waals surface area contributed by atoms with Gasteiger partial charge in [-0.25, -0.2) is 27.5 Å². The Morgan fingerprint density at radius 3 is 2.64 bits per heavy atom. The number of amides is 1. The average Bonchev–Trinajstić information content (AvgIpc) is 2.88. The highest BCUT2D eigenvalue weighted by Gasteiger charge is 2.18.